The first-order chi connectivity index (χ1) is 14.0. The first-order valence-corrected chi connectivity index (χ1v) is 9.12. The van der Waals surface area contributed by atoms with Gasteiger partial charge in [-0.2, -0.15) is 5.26 Å². The van der Waals surface area contributed by atoms with Crippen LogP contribution >= 0.6 is 0 Å². The highest BCUT2D eigenvalue weighted by molar-refractivity contribution is 5.97. The first kappa shape index (κ1) is 21.6. The lowest BCUT2D eigenvalue weighted by atomic mass is 10.1. The van der Waals surface area contributed by atoms with E-state index in [0.29, 0.717) is 24.5 Å². The Labute approximate surface area is 170 Å². The van der Waals surface area contributed by atoms with Crippen LogP contribution in [0.1, 0.15) is 24.1 Å². The van der Waals surface area contributed by atoms with Crippen LogP contribution in [0, 0.1) is 11.3 Å². The zero-order valence-corrected chi connectivity index (χ0v) is 16.7. The molecule has 0 aliphatic rings. The van der Waals surface area contributed by atoms with E-state index < -0.39 is 5.91 Å². The normalized spacial score (nSPS) is 11.9. The number of phenols is 1. The van der Waals surface area contributed by atoms with Crippen molar-refractivity contribution in [3.8, 4) is 23.3 Å². The molecule has 0 spiro atoms. The molecule has 1 amide bonds. The Morgan fingerprint density at radius 3 is 2.48 bits per heavy atom. The number of nitriles is 1. The Morgan fingerprint density at radius 1 is 1.17 bits per heavy atom. The lowest BCUT2D eigenvalue weighted by molar-refractivity contribution is -0.117. The maximum Gasteiger partial charge on any atom is 0.263 e. The van der Waals surface area contributed by atoms with E-state index in [0.717, 1.165) is 11.1 Å². The van der Waals surface area contributed by atoms with Gasteiger partial charge in [0.15, 0.2) is 11.5 Å². The molecule has 0 bridgehead atoms. The molecule has 2 aromatic rings. The van der Waals surface area contributed by atoms with Gasteiger partial charge in [0.2, 0.25) is 0 Å². The van der Waals surface area contributed by atoms with Gasteiger partial charge >= 0.3 is 0 Å². The van der Waals surface area contributed by atoms with Gasteiger partial charge in [-0.25, -0.2) is 0 Å². The summed E-state index contributed by atoms with van der Waals surface area (Å²) in [5.41, 5.74) is 1.89. The summed E-state index contributed by atoms with van der Waals surface area (Å²) in [6.07, 6.45) is 2.01. The topological polar surface area (TPSA) is 104 Å². The fourth-order valence-corrected chi connectivity index (χ4v) is 2.65. The van der Waals surface area contributed by atoms with E-state index in [-0.39, 0.29) is 17.4 Å². The molecule has 1 unspecified atom stereocenters. The number of hydrogen-bond donors (Lipinski definition) is 3. The van der Waals surface area contributed by atoms with Crippen molar-refractivity contribution in [2.45, 2.75) is 19.4 Å². The number of aromatic hydroxyl groups is 1. The molecule has 0 radical (unpaired) electrons. The molecule has 152 valence electrons. The van der Waals surface area contributed by atoms with Crippen molar-refractivity contribution in [1.29, 1.82) is 5.26 Å². The largest absolute Gasteiger partial charge is 0.508 e. The first-order valence-electron chi connectivity index (χ1n) is 9.12. The number of hydrogen-bond acceptors (Lipinski definition) is 6. The van der Waals surface area contributed by atoms with Gasteiger partial charge in [-0.1, -0.05) is 18.2 Å². The fourth-order valence-electron chi connectivity index (χ4n) is 2.65. The Morgan fingerprint density at radius 2 is 1.86 bits per heavy atom. The van der Waals surface area contributed by atoms with Crippen molar-refractivity contribution in [3.63, 3.8) is 0 Å². The number of nitrogens with zero attached hydrogens (tertiary/aromatic N) is 1. The number of methoxy groups -OCH3 is 2. The molecule has 29 heavy (non-hydrogen) atoms. The minimum Gasteiger partial charge on any atom is -0.508 e. The second kappa shape index (κ2) is 10.6. The molecule has 0 fully saturated rings. The maximum atomic E-state index is 12.2. The molecule has 0 heterocycles. The smallest absolute Gasteiger partial charge is 0.263 e. The number of amides is 1. The van der Waals surface area contributed by atoms with Crippen molar-refractivity contribution >= 4 is 5.91 Å². The molecule has 3 N–H and O–H groups in total. The molecule has 7 heteroatoms. The second-order valence-electron chi connectivity index (χ2n) is 6.34. The van der Waals surface area contributed by atoms with E-state index in [9.17, 15) is 15.2 Å². The third kappa shape index (κ3) is 6.18. The Bertz CT molecular complexity index is 901. The highest BCUT2D eigenvalue weighted by Gasteiger charge is 2.12. The molecule has 2 rings (SSSR count). The van der Waals surface area contributed by atoms with Crippen molar-refractivity contribution in [3.05, 3.63) is 65.4 Å². The van der Waals surface area contributed by atoms with Crippen LogP contribution in [0.4, 0.5) is 0 Å². The molecule has 0 saturated heterocycles. The predicted molar refractivity (Wildman–Crippen MR) is 110 cm³/mol. The highest BCUT2D eigenvalue weighted by Crippen LogP contribution is 2.29. The standard InChI is InChI=1S/C22H25N3O4/c1-15(17-6-9-20(28-2)21(12-17)29-3)25-14-18(13-23)22(27)24-11-10-16-4-7-19(26)8-5-16/h4-9,12,14-15,25-26H,10-11H2,1-3H3,(H,24,27)/b18-14-. The van der Waals surface area contributed by atoms with E-state index in [1.54, 1.807) is 44.6 Å². The monoisotopic (exact) mass is 395 g/mol. The number of phenolic OH excluding ortho intramolecular Hbond substituents is 1. The van der Waals surface area contributed by atoms with Crippen LogP contribution < -0.4 is 20.1 Å². The number of carbonyl (C=O) groups excluding carboxylic acids is 1. The Hall–Kier alpha value is -3.66. The molecule has 0 aliphatic heterocycles. The summed E-state index contributed by atoms with van der Waals surface area (Å²) in [7, 11) is 3.14. The van der Waals surface area contributed by atoms with E-state index in [1.165, 1.54) is 6.20 Å². The van der Waals surface area contributed by atoms with Gasteiger partial charge < -0.3 is 25.2 Å². The maximum absolute atomic E-state index is 12.2. The van der Waals surface area contributed by atoms with Crippen LogP contribution in [0.2, 0.25) is 0 Å². The Kier molecular flexibility index (Phi) is 7.92. The summed E-state index contributed by atoms with van der Waals surface area (Å²) < 4.78 is 10.5. The third-order valence-corrected chi connectivity index (χ3v) is 4.39. The predicted octanol–water partition coefficient (Wildman–Crippen LogP) is 2.83. The minimum atomic E-state index is -0.446. The second-order valence-corrected chi connectivity index (χ2v) is 6.34. The third-order valence-electron chi connectivity index (χ3n) is 4.39. The van der Waals surface area contributed by atoms with E-state index in [2.05, 4.69) is 10.6 Å². The minimum absolute atomic E-state index is 0.0111. The lowest BCUT2D eigenvalue weighted by Crippen LogP contribution is -2.28. The van der Waals surface area contributed by atoms with E-state index in [4.69, 9.17) is 9.47 Å². The molecular weight excluding hydrogens is 370 g/mol. The van der Waals surface area contributed by atoms with Gasteiger partial charge in [0, 0.05) is 18.8 Å². The van der Waals surface area contributed by atoms with Gasteiger partial charge in [-0.15, -0.1) is 0 Å². The Balaban J connectivity index is 1.93. The van der Waals surface area contributed by atoms with Crippen LogP contribution in [0.15, 0.2) is 54.2 Å². The molecule has 2 aromatic carbocycles. The summed E-state index contributed by atoms with van der Waals surface area (Å²) in [4.78, 5) is 12.2. The van der Waals surface area contributed by atoms with Crippen molar-refractivity contribution in [2.75, 3.05) is 20.8 Å². The number of rotatable bonds is 9. The van der Waals surface area contributed by atoms with Crippen LogP contribution in [0.25, 0.3) is 0 Å². The van der Waals surface area contributed by atoms with Crippen molar-refractivity contribution in [2.24, 2.45) is 0 Å². The van der Waals surface area contributed by atoms with E-state index in [1.807, 2.05) is 25.1 Å². The quantitative estimate of drug-likeness (QED) is 0.446. The summed E-state index contributed by atoms with van der Waals surface area (Å²) in [5, 5.41) is 24.4. The van der Waals surface area contributed by atoms with Crippen molar-refractivity contribution in [1.82, 2.24) is 10.6 Å². The molecule has 0 aliphatic carbocycles. The van der Waals surface area contributed by atoms with Crippen molar-refractivity contribution < 1.29 is 19.4 Å². The van der Waals surface area contributed by atoms with Crippen LogP contribution in [0.5, 0.6) is 17.2 Å². The van der Waals surface area contributed by atoms with Crippen LogP contribution in [0.3, 0.4) is 0 Å². The summed E-state index contributed by atoms with van der Waals surface area (Å²) in [5.74, 6) is 0.986. The van der Waals surface area contributed by atoms with Gasteiger partial charge in [0.05, 0.1) is 14.2 Å². The zero-order chi connectivity index (χ0) is 21.2. The summed E-state index contributed by atoms with van der Waals surface area (Å²) in [6, 6.07) is 14.1. The zero-order valence-electron chi connectivity index (χ0n) is 16.7. The lowest BCUT2D eigenvalue weighted by Gasteiger charge is -2.15. The molecule has 0 aromatic heterocycles. The van der Waals surface area contributed by atoms with Crippen LogP contribution in [-0.4, -0.2) is 31.8 Å². The molecule has 7 nitrogen and oxygen atoms in total. The number of nitrogens with one attached hydrogen (secondary N) is 2. The van der Waals surface area contributed by atoms with E-state index >= 15 is 0 Å². The van der Waals surface area contributed by atoms with Gasteiger partial charge in [-0.05, 0) is 48.7 Å². The van der Waals surface area contributed by atoms with Gasteiger partial charge in [0.1, 0.15) is 17.4 Å². The molecule has 0 saturated carbocycles. The van der Waals surface area contributed by atoms with Gasteiger partial charge in [-0.3, -0.25) is 4.79 Å². The summed E-state index contributed by atoms with van der Waals surface area (Å²) >= 11 is 0. The average Bonchev–Trinajstić information content (AvgIpc) is 2.74. The average molecular weight is 395 g/mol. The molecule has 1 atom stereocenters. The number of carbonyl (C=O) groups is 1. The molecular formula is C22H25N3O4. The van der Waals surface area contributed by atoms with Crippen LogP contribution in [-0.2, 0) is 11.2 Å². The number of benzene rings is 2. The van der Waals surface area contributed by atoms with Gasteiger partial charge in [0.25, 0.3) is 5.91 Å². The number of ether oxygens (including phenoxy) is 2. The fraction of sp³-hybridized carbons (Fsp3) is 0.273. The highest BCUT2D eigenvalue weighted by atomic mass is 16.5. The summed E-state index contributed by atoms with van der Waals surface area (Å²) in [6.45, 7) is 2.29. The SMILES string of the molecule is COc1ccc(C(C)N/C=C(/C#N)C(=O)NCCc2ccc(O)cc2)cc1OC.